The highest BCUT2D eigenvalue weighted by molar-refractivity contribution is 6.02. The maximum atomic E-state index is 13.7. The molecule has 2 aromatic carbocycles. The molecule has 0 bridgehead atoms. The van der Waals surface area contributed by atoms with Gasteiger partial charge in [-0.25, -0.2) is 17.9 Å². The smallest absolute Gasteiger partial charge is 0.292 e. The first-order valence-electron chi connectivity index (χ1n) is 9.39. The summed E-state index contributed by atoms with van der Waals surface area (Å²) in [6, 6.07) is 12.9. The standard InChI is InChI=1S/C22H11F5N4O3/c23-15-16(24)18(26)20(19(27)17(15)25)33-10-13-6-7-14(34-13)22(32)30-21-11(8-28)9-29-31(21)12-4-2-1-3-5-12/h1-7,9H,10H2,(H,30,32). The quantitative estimate of drug-likeness (QED) is 0.245. The van der Waals surface area contributed by atoms with E-state index >= 15 is 0 Å². The Morgan fingerprint density at radius 1 is 1.00 bits per heavy atom. The number of amides is 1. The Bertz CT molecular complexity index is 1400. The molecular formula is C22H11F5N4O3. The van der Waals surface area contributed by atoms with Crippen molar-refractivity contribution in [2.45, 2.75) is 6.61 Å². The van der Waals surface area contributed by atoms with E-state index < -0.39 is 47.3 Å². The lowest BCUT2D eigenvalue weighted by Crippen LogP contribution is -2.15. The van der Waals surface area contributed by atoms with Gasteiger partial charge >= 0.3 is 0 Å². The van der Waals surface area contributed by atoms with Gasteiger partial charge in [-0.1, -0.05) is 18.2 Å². The van der Waals surface area contributed by atoms with E-state index in [9.17, 15) is 32.0 Å². The van der Waals surface area contributed by atoms with E-state index in [-0.39, 0.29) is 22.9 Å². The predicted octanol–water partition coefficient (Wildman–Crippen LogP) is 4.86. The van der Waals surface area contributed by atoms with Gasteiger partial charge in [-0.15, -0.1) is 0 Å². The number of hydrogen-bond acceptors (Lipinski definition) is 5. The number of nitriles is 1. The Morgan fingerprint density at radius 2 is 1.65 bits per heavy atom. The molecule has 7 nitrogen and oxygen atoms in total. The number of anilines is 1. The highest BCUT2D eigenvalue weighted by Gasteiger charge is 2.27. The van der Waals surface area contributed by atoms with Crippen LogP contribution in [-0.4, -0.2) is 15.7 Å². The fourth-order valence-electron chi connectivity index (χ4n) is 2.92. The van der Waals surface area contributed by atoms with Crippen LogP contribution in [0.15, 0.2) is 53.1 Å². The van der Waals surface area contributed by atoms with Crippen LogP contribution in [0.2, 0.25) is 0 Å². The van der Waals surface area contributed by atoms with E-state index in [0.29, 0.717) is 5.69 Å². The molecule has 0 atom stereocenters. The van der Waals surface area contributed by atoms with Gasteiger partial charge in [0.15, 0.2) is 17.3 Å². The maximum Gasteiger partial charge on any atom is 0.292 e. The summed E-state index contributed by atoms with van der Waals surface area (Å²) in [6.07, 6.45) is 1.26. The first-order valence-corrected chi connectivity index (χ1v) is 9.39. The summed E-state index contributed by atoms with van der Waals surface area (Å²) in [6.45, 7) is -0.739. The van der Waals surface area contributed by atoms with Crippen molar-refractivity contribution in [3.8, 4) is 17.5 Å². The number of furan rings is 1. The van der Waals surface area contributed by atoms with Crippen molar-refractivity contribution in [2.24, 2.45) is 0 Å². The van der Waals surface area contributed by atoms with Crippen LogP contribution < -0.4 is 10.1 Å². The van der Waals surface area contributed by atoms with Crippen LogP contribution in [0.5, 0.6) is 5.75 Å². The molecule has 0 saturated heterocycles. The zero-order chi connectivity index (χ0) is 24.4. The summed E-state index contributed by atoms with van der Waals surface area (Å²) in [7, 11) is 0. The molecule has 0 radical (unpaired) electrons. The number of rotatable bonds is 6. The van der Waals surface area contributed by atoms with Crippen molar-refractivity contribution in [3.05, 3.63) is 94.8 Å². The fourth-order valence-corrected chi connectivity index (χ4v) is 2.92. The molecule has 0 aliphatic rings. The average Bonchev–Trinajstić information content (AvgIpc) is 3.49. The Morgan fingerprint density at radius 3 is 2.29 bits per heavy atom. The molecule has 34 heavy (non-hydrogen) atoms. The summed E-state index contributed by atoms with van der Waals surface area (Å²) in [4.78, 5) is 12.6. The minimum Gasteiger partial charge on any atom is -0.479 e. The number of hydrogen-bond donors (Lipinski definition) is 1. The number of carbonyl (C=O) groups excluding carboxylic acids is 1. The fraction of sp³-hybridized carbons (Fsp3) is 0.0455. The number of aromatic nitrogens is 2. The normalized spacial score (nSPS) is 10.7. The van der Waals surface area contributed by atoms with Crippen LogP contribution in [0.4, 0.5) is 27.8 Å². The van der Waals surface area contributed by atoms with Crippen molar-refractivity contribution < 1.29 is 35.9 Å². The Kier molecular flexibility index (Phi) is 6.01. The van der Waals surface area contributed by atoms with E-state index in [4.69, 9.17) is 9.15 Å². The summed E-state index contributed by atoms with van der Waals surface area (Å²) >= 11 is 0. The first kappa shape index (κ1) is 22.5. The number of nitrogens with zero attached hydrogens (tertiary/aromatic N) is 3. The Labute approximate surface area is 187 Å². The molecule has 12 heteroatoms. The number of carbonyl (C=O) groups is 1. The molecular weight excluding hydrogens is 463 g/mol. The van der Waals surface area contributed by atoms with E-state index in [0.717, 1.165) is 0 Å². The van der Waals surface area contributed by atoms with Gasteiger partial charge in [0.05, 0.1) is 11.9 Å². The highest BCUT2D eigenvalue weighted by Crippen LogP contribution is 2.30. The van der Waals surface area contributed by atoms with E-state index in [1.165, 1.54) is 23.0 Å². The van der Waals surface area contributed by atoms with Crippen molar-refractivity contribution in [1.29, 1.82) is 5.26 Å². The Hall–Kier alpha value is -4.66. The van der Waals surface area contributed by atoms with E-state index in [1.54, 1.807) is 30.3 Å². The van der Waals surface area contributed by atoms with E-state index in [1.807, 2.05) is 6.07 Å². The number of para-hydroxylation sites is 1. The van der Waals surface area contributed by atoms with Crippen LogP contribution >= 0.6 is 0 Å². The van der Waals surface area contributed by atoms with Crippen LogP contribution in [0.3, 0.4) is 0 Å². The number of benzene rings is 2. The third kappa shape index (κ3) is 4.06. The van der Waals surface area contributed by atoms with Crippen molar-refractivity contribution in [1.82, 2.24) is 9.78 Å². The van der Waals surface area contributed by atoms with Crippen LogP contribution in [-0.2, 0) is 6.61 Å². The van der Waals surface area contributed by atoms with Gasteiger partial charge in [-0.2, -0.15) is 19.1 Å². The van der Waals surface area contributed by atoms with Gasteiger partial charge in [0.2, 0.25) is 29.1 Å². The second-order valence-corrected chi connectivity index (χ2v) is 6.67. The third-order valence-corrected chi connectivity index (χ3v) is 4.54. The van der Waals surface area contributed by atoms with E-state index in [2.05, 4.69) is 10.4 Å². The number of ether oxygens (including phenoxy) is 1. The molecule has 0 spiro atoms. The average molecular weight is 474 g/mol. The topological polar surface area (TPSA) is 93.1 Å². The second-order valence-electron chi connectivity index (χ2n) is 6.67. The molecule has 4 aromatic rings. The maximum absolute atomic E-state index is 13.7. The third-order valence-electron chi connectivity index (χ3n) is 4.54. The predicted molar refractivity (Wildman–Crippen MR) is 106 cm³/mol. The molecule has 2 heterocycles. The Balaban J connectivity index is 1.52. The lowest BCUT2D eigenvalue weighted by atomic mass is 10.2. The summed E-state index contributed by atoms with van der Waals surface area (Å²) in [5.41, 5.74) is 0.634. The van der Waals surface area contributed by atoms with Gasteiger partial charge < -0.3 is 14.5 Å². The van der Waals surface area contributed by atoms with Crippen molar-refractivity contribution >= 4 is 11.7 Å². The molecule has 1 N–H and O–H groups in total. The highest BCUT2D eigenvalue weighted by atomic mass is 19.2. The number of halogens is 5. The number of nitrogens with one attached hydrogen (secondary N) is 1. The summed E-state index contributed by atoms with van der Waals surface area (Å²) in [5, 5.41) is 15.9. The van der Waals surface area contributed by atoms with Crippen molar-refractivity contribution in [2.75, 3.05) is 5.32 Å². The minimum absolute atomic E-state index is 0.0642. The molecule has 0 unspecified atom stereocenters. The monoisotopic (exact) mass is 474 g/mol. The van der Waals surface area contributed by atoms with Crippen LogP contribution in [0, 0.1) is 40.4 Å². The second kappa shape index (κ2) is 9.07. The first-order chi connectivity index (χ1) is 16.3. The molecule has 0 saturated carbocycles. The molecule has 2 aromatic heterocycles. The van der Waals surface area contributed by atoms with Gasteiger partial charge in [0.25, 0.3) is 5.91 Å². The zero-order valence-electron chi connectivity index (χ0n) is 16.8. The van der Waals surface area contributed by atoms with Gasteiger partial charge in [0.1, 0.15) is 24.0 Å². The summed E-state index contributed by atoms with van der Waals surface area (Å²) in [5.74, 6) is -13.5. The molecule has 0 aliphatic carbocycles. The SMILES string of the molecule is N#Cc1cnn(-c2ccccc2)c1NC(=O)c1ccc(COc2c(F)c(F)c(F)c(F)c2F)o1. The van der Waals surface area contributed by atoms with Gasteiger partial charge in [-0.3, -0.25) is 4.79 Å². The van der Waals surface area contributed by atoms with Gasteiger partial charge in [0, 0.05) is 0 Å². The molecule has 172 valence electrons. The van der Waals surface area contributed by atoms with Gasteiger partial charge in [-0.05, 0) is 24.3 Å². The lowest BCUT2D eigenvalue weighted by Gasteiger charge is -2.09. The molecule has 1 amide bonds. The molecule has 4 rings (SSSR count). The molecule has 0 aliphatic heterocycles. The zero-order valence-corrected chi connectivity index (χ0v) is 16.8. The van der Waals surface area contributed by atoms with Crippen LogP contribution in [0.1, 0.15) is 21.9 Å². The molecule has 0 fully saturated rings. The lowest BCUT2D eigenvalue weighted by molar-refractivity contribution is 0.0991. The summed E-state index contributed by atoms with van der Waals surface area (Å²) < 4.78 is 78.4. The van der Waals surface area contributed by atoms with Crippen molar-refractivity contribution in [3.63, 3.8) is 0 Å². The largest absolute Gasteiger partial charge is 0.479 e. The van der Waals surface area contributed by atoms with Crippen LogP contribution in [0.25, 0.3) is 5.69 Å². The minimum atomic E-state index is -2.31.